The quantitative estimate of drug-likeness (QED) is 0.542. The molecule has 1 amide bonds. The molecule has 0 saturated carbocycles. The first-order valence-corrected chi connectivity index (χ1v) is 9.83. The van der Waals surface area contributed by atoms with Crippen LogP contribution < -0.4 is 15.7 Å². The van der Waals surface area contributed by atoms with Crippen LogP contribution >= 0.6 is 0 Å². The topological polar surface area (TPSA) is 103 Å². The van der Waals surface area contributed by atoms with Gasteiger partial charge in [-0.1, -0.05) is 0 Å². The molecule has 0 aliphatic carbocycles. The molecule has 0 unspecified atom stereocenters. The van der Waals surface area contributed by atoms with Gasteiger partial charge in [0.2, 0.25) is 5.91 Å². The number of aryl methyl sites for hydroxylation is 1. The van der Waals surface area contributed by atoms with E-state index in [0.29, 0.717) is 28.4 Å². The summed E-state index contributed by atoms with van der Waals surface area (Å²) in [5, 5.41) is 13.0. The summed E-state index contributed by atoms with van der Waals surface area (Å²) in [6.45, 7) is 4.80. The zero-order valence-corrected chi connectivity index (χ0v) is 17.7. The maximum absolute atomic E-state index is 12.8. The number of nitrogens with zero attached hydrogens (tertiary/aromatic N) is 2. The van der Waals surface area contributed by atoms with Crippen LogP contribution in [0.5, 0.6) is 5.75 Å². The Morgan fingerprint density at radius 2 is 1.71 bits per heavy atom. The smallest absolute Gasteiger partial charge is 0.333 e. The summed E-state index contributed by atoms with van der Waals surface area (Å²) in [5.74, 6) is 0.340. The average Bonchev–Trinajstić information content (AvgIpc) is 3.00. The lowest BCUT2D eigenvalue weighted by Crippen LogP contribution is -2.31. The van der Waals surface area contributed by atoms with E-state index in [9.17, 15) is 19.5 Å². The Morgan fingerprint density at radius 1 is 1.06 bits per heavy atom. The zero-order chi connectivity index (χ0) is 22.5. The number of amides is 1. The van der Waals surface area contributed by atoms with E-state index < -0.39 is 6.10 Å². The summed E-state index contributed by atoms with van der Waals surface area (Å²) in [5.41, 5.74) is 2.30. The van der Waals surface area contributed by atoms with Crippen LogP contribution in [0, 0.1) is 6.92 Å². The molecule has 8 nitrogen and oxygen atoms in total. The second-order valence-corrected chi connectivity index (χ2v) is 7.31. The summed E-state index contributed by atoms with van der Waals surface area (Å²) in [6, 6.07) is 13.6. The second kappa shape index (κ2) is 9.44. The molecule has 0 bridgehead atoms. The Hall–Kier alpha value is -3.65. The van der Waals surface area contributed by atoms with Gasteiger partial charge in [0, 0.05) is 30.1 Å². The third-order valence-electron chi connectivity index (χ3n) is 4.69. The van der Waals surface area contributed by atoms with E-state index in [1.54, 1.807) is 61.7 Å². The first-order valence-electron chi connectivity index (χ1n) is 9.83. The first-order chi connectivity index (χ1) is 14.7. The van der Waals surface area contributed by atoms with E-state index in [1.165, 1.54) is 23.0 Å². The molecule has 0 fully saturated rings. The molecule has 0 saturated heterocycles. The lowest BCUT2D eigenvalue weighted by Gasteiger charge is -2.13. The maximum atomic E-state index is 12.8. The number of nitrogens with one attached hydrogen (secondary N) is 1. The van der Waals surface area contributed by atoms with Gasteiger partial charge in [0.05, 0.1) is 12.2 Å². The number of imidazole rings is 1. The minimum atomic E-state index is -0.900. The molecule has 8 heteroatoms. The predicted octanol–water partition coefficient (Wildman–Crippen LogP) is 2.55. The standard InChI is InChI=1S/C23H25N3O5/c1-15-12-25(23(30)26(15)20-8-4-18(5-9-20)16(2)27)13-21(29)14-31-22-10-6-19(7-11-22)24-17(3)28/h4-12,21,29H,13-14H2,1-3H3,(H,24,28)/t21-/m0/s1. The number of aliphatic hydroxyl groups excluding tert-OH is 1. The first kappa shape index (κ1) is 22.0. The monoisotopic (exact) mass is 423 g/mol. The molecule has 0 aliphatic heterocycles. The maximum Gasteiger partial charge on any atom is 0.333 e. The van der Waals surface area contributed by atoms with Crippen molar-refractivity contribution in [2.75, 3.05) is 11.9 Å². The number of aliphatic hydroxyl groups is 1. The van der Waals surface area contributed by atoms with E-state index in [0.717, 1.165) is 0 Å². The molecule has 0 aliphatic rings. The summed E-state index contributed by atoms with van der Waals surface area (Å²) in [7, 11) is 0. The molecule has 2 N–H and O–H groups in total. The molecule has 0 spiro atoms. The number of ether oxygens (including phenoxy) is 1. The molecular weight excluding hydrogens is 398 g/mol. The van der Waals surface area contributed by atoms with E-state index in [1.807, 2.05) is 0 Å². The predicted molar refractivity (Wildman–Crippen MR) is 117 cm³/mol. The van der Waals surface area contributed by atoms with Crippen molar-refractivity contribution in [3.63, 3.8) is 0 Å². The van der Waals surface area contributed by atoms with Crippen molar-refractivity contribution in [3.8, 4) is 11.4 Å². The Balaban J connectivity index is 1.64. The van der Waals surface area contributed by atoms with Crippen molar-refractivity contribution in [2.45, 2.75) is 33.4 Å². The minimum absolute atomic E-state index is 0.00343. The largest absolute Gasteiger partial charge is 0.491 e. The molecule has 31 heavy (non-hydrogen) atoms. The van der Waals surface area contributed by atoms with Crippen molar-refractivity contribution in [1.29, 1.82) is 0 Å². The number of hydrogen-bond donors (Lipinski definition) is 2. The van der Waals surface area contributed by atoms with E-state index in [4.69, 9.17) is 4.74 Å². The highest BCUT2D eigenvalue weighted by Gasteiger charge is 2.14. The molecule has 1 aromatic heterocycles. The van der Waals surface area contributed by atoms with Gasteiger partial charge in [-0.05, 0) is 62.4 Å². The Kier molecular flexibility index (Phi) is 6.71. The molecule has 0 radical (unpaired) electrons. The zero-order valence-electron chi connectivity index (χ0n) is 17.7. The van der Waals surface area contributed by atoms with Crippen LogP contribution in [0.4, 0.5) is 5.69 Å². The second-order valence-electron chi connectivity index (χ2n) is 7.31. The van der Waals surface area contributed by atoms with Gasteiger partial charge in [0.1, 0.15) is 18.5 Å². The third kappa shape index (κ3) is 5.49. The van der Waals surface area contributed by atoms with Crippen LogP contribution in [-0.4, -0.2) is 38.6 Å². The lowest BCUT2D eigenvalue weighted by atomic mass is 10.1. The number of ketones is 1. The van der Waals surface area contributed by atoms with Crippen molar-refractivity contribution in [1.82, 2.24) is 9.13 Å². The van der Waals surface area contributed by atoms with E-state index >= 15 is 0 Å². The summed E-state index contributed by atoms with van der Waals surface area (Å²) in [6.07, 6.45) is 0.773. The van der Waals surface area contributed by atoms with Gasteiger partial charge in [-0.2, -0.15) is 0 Å². The lowest BCUT2D eigenvalue weighted by molar-refractivity contribution is -0.114. The Morgan fingerprint density at radius 3 is 2.29 bits per heavy atom. The van der Waals surface area contributed by atoms with Gasteiger partial charge >= 0.3 is 5.69 Å². The highest BCUT2D eigenvalue weighted by atomic mass is 16.5. The van der Waals surface area contributed by atoms with E-state index in [-0.39, 0.29) is 30.5 Å². The Bertz CT molecular complexity index is 1130. The van der Waals surface area contributed by atoms with Crippen molar-refractivity contribution in [2.24, 2.45) is 0 Å². The van der Waals surface area contributed by atoms with Crippen molar-refractivity contribution >= 4 is 17.4 Å². The van der Waals surface area contributed by atoms with Crippen LogP contribution in [0.3, 0.4) is 0 Å². The van der Waals surface area contributed by atoms with Gasteiger partial charge < -0.3 is 15.2 Å². The van der Waals surface area contributed by atoms with Crippen LogP contribution in [-0.2, 0) is 11.3 Å². The molecule has 1 atom stereocenters. The third-order valence-corrected chi connectivity index (χ3v) is 4.69. The van der Waals surface area contributed by atoms with Gasteiger partial charge in [0.15, 0.2) is 5.78 Å². The normalized spacial score (nSPS) is 11.7. The molecule has 1 heterocycles. The molecule has 3 aromatic rings. The fourth-order valence-electron chi connectivity index (χ4n) is 3.22. The van der Waals surface area contributed by atoms with Crippen molar-refractivity contribution < 1.29 is 19.4 Å². The van der Waals surface area contributed by atoms with Gasteiger partial charge in [-0.3, -0.25) is 18.7 Å². The molecule has 162 valence electrons. The summed E-state index contributed by atoms with van der Waals surface area (Å²) < 4.78 is 8.54. The molecule has 2 aromatic carbocycles. The molecule has 3 rings (SSSR count). The van der Waals surface area contributed by atoms with E-state index in [2.05, 4.69) is 5.32 Å². The number of carbonyl (C=O) groups excluding carboxylic acids is 2. The van der Waals surface area contributed by atoms with Crippen molar-refractivity contribution in [3.05, 3.63) is 76.5 Å². The van der Waals surface area contributed by atoms with Crippen LogP contribution in [0.1, 0.15) is 29.9 Å². The number of anilines is 1. The summed E-state index contributed by atoms with van der Waals surface area (Å²) >= 11 is 0. The highest BCUT2D eigenvalue weighted by molar-refractivity contribution is 5.94. The van der Waals surface area contributed by atoms with Crippen LogP contribution in [0.15, 0.2) is 59.5 Å². The number of benzene rings is 2. The number of rotatable bonds is 8. The average molecular weight is 423 g/mol. The van der Waals surface area contributed by atoms with Gasteiger partial charge in [-0.15, -0.1) is 0 Å². The molecular formula is C23H25N3O5. The van der Waals surface area contributed by atoms with Crippen LogP contribution in [0.25, 0.3) is 5.69 Å². The Labute approximate surface area is 179 Å². The number of hydrogen-bond acceptors (Lipinski definition) is 5. The van der Waals surface area contributed by atoms with Gasteiger partial charge in [0.25, 0.3) is 0 Å². The fourth-order valence-corrected chi connectivity index (χ4v) is 3.22. The fraction of sp³-hybridized carbons (Fsp3) is 0.261. The SMILES string of the molecule is CC(=O)Nc1ccc(OC[C@@H](O)Cn2cc(C)n(-c3ccc(C(C)=O)cc3)c2=O)cc1. The van der Waals surface area contributed by atoms with Crippen LogP contribution in [0.2, 0.25) is 0 Å². The van der Waals surface area contributed by atoms with Gasteiger partial charge in [-0.25, -0.2) is 4.79 Å². The highest BCUT2D eigenvalue weighted by Crippen LogP contribution is 2.16. The number of carbonyl (C=O) groups is 2. The number of Topliss-reactive ketones (excluding diaryl/α,β-unsaturated/α-hetero) is 1. The minimum Gasteiger partial charge on any atom is -0.491 e. The summed E-state index contributed by atoms with van der Waals surface area (Å²) in [4.78, 5) is 35.3. The number of aromatic nitrogens is 2.